The van der Waals surface area contributed by atoms with E-state index in [1.165, 1.54) is 6.20 Å². The van der Waals surface area contributed by atoms with Gasteiger partial charge in [0.25, 0.3) is 5.91 Å². The van der Waals surface area contributed by atoms with Gasteiger partial charge in [0.15, 0.2) is 0 Å². The van der Waals surface area contributed by atoms with Gasteiger partial charge in [-0.2, -0.15) is 0 Å². The zero-order valence-corrected chi connectivity index (χ0v) is 15.1. The number of nitrogens with zero attached hydrogens (tertiary/aromatic N) is 1. The minimum absolute atomic E-state index is 0.274. The van der Waals surface area contributed by atoms with Gasteiger partial charge in [-0.3, -0.25) is 9.78 Å². The van der Waals surface area contributed by atoms with Gasteiger partial charge in [0.1, 0.15) is 19.7 Å². The smallest absolute Gasteiger partial charge is 0.271 e. The Morgan fingerprint density at radius 1 is 0.923 bits per heavy atom. The number of amides is 1. The molecule has 0 bridgehead atoms. The number of benzene rings is 2. The summed E-state index contributed by atoms with van der Waals surface area (Å²) in [5.41, 5.74) is 2.42. The molecule has 1 amide bonds. The summed E-state index contributed by atoms with van der Waals surface area (Å²) >= 11 is 11.9. The number of hydrogen-bond donors (Lipinski definition) is 2. The minimum atomic E-state index is -0.486. The Hall–Kier alpha value is -2.50. The zero-order chi connectivity index (χ0) is 18.5. The van der Waals surface area contributed by atoms with Crippen molar-refractivity contribution in [3.05, 3.63) is 88.2 Å². The van der Waals surface area contributed by atoms with Crippen molar-refractivity contribution >= 4 is 48.1 Å². The lowest BCUT2D eigenvalue weighted by Crippen LogP contribution is -2.34. The van der Waals surface area contributed by atoms with Crippen LogP contribution < -0.4 is 16.1 Å². The summed E-state index contributed by atoms with van der Waals surface area (Å²) in [6, 6.07) is 17.6. The lowest BCUT2D eigenvalue weighted by atomic mass is 9.99. The molecule has 2 N–H and O–H groups in total. The molecule has 128 valence electrons. The van der Waals surface area contributed by atoms with Crippen LogP contribution in [-0.2, 0) is 0 Å². The first-order valence-corrected chi connectivity index (χ1v) is 8.57. The number of nitrogens with one attached hydrogen (secondary N) is 2. The van der Waals surface area contributed by atoms with Gasteiger partial charge in [-0.1, -0.05) is 46.9 Å². The van der Waals surface area contributed by atoms with Crippen LogP contribution in [0, 0.1) is 0 Å². The van der Waals surface area contributed by atoms with Crippen molar-refractivity contribution in [3.8, 4) is 0 Å². The fourth-order valence-electron chi connectivity index (χ4n) is 2.32. The maximum atomic E-state index is 12.5. The van der Waals surface area contributed by atoms with Gasteiger partial charge in [0.2, 0.25) is 0 Å². The number of carbonyl (C=O) groups excluding carboxylic acids is 1. The summed E-state index contributed by atoms with van der Waals surface area (Å²) in [7, 11) is 5.62. The molecular weight excluding hydrogens is 368 g/mol. The molecule has 0 saturated heterocycles. The predicted octanol–water partition coefficient (Wildman–Crippen LogP) is 3.72. The van der Waals surface area contributed by atoms with Crippen molar-refractivity contribution in [2.75, 3.05) is 5.32 Å². The normalized spacial score (nSPS) is 11.6. The Morgan fingerprint density at radius 3 is 2.12 bits per heavy atom. The van der Waals surface area contributed by atoms with E-state index in [9.17, 15) is 4.79 Å². The number of anilines is 1. The minimum Gasteiger partial charge on any atom is -0.362 e. The Morgan fingerprint density at radius 2 is 1.54 bits per heavy atom. The molecule has 0 aliphatic rings. The van der Waals surface area contributed by atoms with Crippen molar-refractivity contribution < 1.29 is 4.79 Å². The van der Waals surface area contributed by atoms with Gasteiger partial charge in [0.05, 0.1) is 0 Å². The van der Waals surface area contributed by atoms with Crippen LogP contribution in [-0.4, -0.2) is 18.7 Å². The molecule has 1 atom stereocenters. The molecule has 1 heterocycles. The van der Waals surface area contributed by atoms with Gasteiger partial charge in [-0.15, -0.1) is 0 Å². The van der Waals surface area contributed by atoms with Gasteiger partial charge in [-0.25, -0.2) is 0 Å². The highest BCUT2D eigenvalue weighted by molar-refractivity contribution is 6.32. The third-order valence-electron chi connectivity index (χ3n) is 3.65. The Balaban J connectivity index is 1.84. The van der Waals surface area contributed by atoms with Crippen LogP contribution in [0.2, 0.25) is 10.0 Å². The molecular formula is C19H14BCl2N3O. The first-order valence-electron chi connectivity index (χ1n) is 7.81. The SMILES string of the molecule is [B]c1ccc(C(=O)NC(Nc2ccc(Cl)cc2)c2ccc(Cl)cc2)nc1. The number of rotatable bonds is 5. The molecule has 0 fully saturated rings. The fraction of sp³-hybridized carbons (Fsp3) is 0.0526. The van der Waals surface area contributed by atoms with Crippen LogP contribution in [0.4, 0.5) is 5.69 Å². The molecule has 2 radical (unpaired) electrons. The highest BCUT2D eigenvalue weighted by atomic mass is 35.5. The van der Waals surface area contributed by atoms with Crippen molar-refractivity contribution in [3.63, 3.8) is 0 Å². The largest absolute Gasteiger partial charge is 0.362 e. The average Bonchev–Trinajstić information content (AvgIpc) is 2.64. The quantitative estimate of drug-likeness (QED) is 0.523. The van der Waals surface area contributed by atoms with Gasteiger partial charge < -0.3 is 10.6 Å². The van der Waals surface area contributed by atoms with Crippen molar-refractivity contribution in [1.82, 2.24) is 10.3 Å². The standard InChI is InChI=1S/C19H14BCl2N3O/c20-13-3-10-17(23-11-13)19(26)25-18(12-1-4-14(21)5-2-12)24-16-8-6-15(22)7-9-16/h1-11,18,24H,(H,25,26). The fourth-order valence-corrected chi connectivity index (χ4v) is 2.57. The Labute approximate surface area is 163 Å². The number of pyridine rings is 1. The van der Waals surface area contributed by atoms with Gasteiger partial charge in [0, 0.05) is 21.9 Å². The van der Waals surface area contributed by atoms with E-state index in [1.54, 1.807) is 36.4 Å². The van der Waals surface area contributed by atoms with E-state index >= 15 is 0 Å². The van der Waals surface area contributed by atoms with E-state index in [1.807, 2.05) is 24.3 Å². The highest BCUT2D eigenvalue weighted by Crippen LogP contribution is 2.21. The molecule has 4 nitrogen and oxygen atoms in total. The molecule has 0 aliphatic heterocycles. The second-order valence-corrected chi connectivity index (χ2v) is 6.46. The van der Waals surface area contributed by atoms with Crippen molar-refractivity contribution in [1.29, 1.82) is 0 Å². The first kappa shape index (κ1) is 18.3. The molecule has 0 spiro atoms. The van der Waals surface area contributed by atoms with Crippen molar-refractivity contribution in [2.45, 2.75) is 6.17 Å². The lowest BCUT2D eigenvalue weighted by Gasteiger charge is -2.22. The van der Waals surface area contributed by atoms with Gasteiger partial charge in [-0.05, 0) is 48.0 Å². The Bertz CT molecular complexity index is 884. The molecule has 26 heavy (non-hydrogen) atoms. The van der Waals surface area contributed by atoms with Crippen LogP contribution in [0.3, 0.4) is 0 Å². The molecule has 3 aromatic rings. The highest BCUT2D eigenvalue weighted by Gasteiger charge is 2.16. The average molecular weight is 382 g/mol. The third-order valence-corrected chi connectivity index (χ3v) is 4.16. The molecule has 2 aromatic carbocycles. The monoisotopic (exact) mass is 381 g/mol. The van der Waals surface area contributed by atoms with E-state index in [-0.39, 0.29) is 11.6 Å². The summed E-state index contributed by atoms with van der Waals surface area (Å²) in [6.07, 6.45) is 0.957. The molecule has 0 saturated carbocycles. The number of hydrogen-bond acceptors (Lipinski definition) is 3. The number of halogens is 2. The summed E-state index contributed by atoms with van der Waals surface area (Å²) in [6.45, 7) is 0. The van der Waals surface area contributed by atoms with E-state index in [0.717, 1.165) is 11.3 Å². The molecule has 7 heteroatoms. The van der Waals surface area contributed by atoms with E-state index in [4.69, 9.17) is 31.0 Å². The summed E-state index contributed by atoms with van der Waals surface area (Å²) in [4.78, 5) is 16.6. The van der Waals surface area contributed by atoms with E-state index < -0.39 is 6.17 Å². The molecule has 1 unspecified atom stereocenters. The molecule has 1 aromatic heterocycles. The summed E-state index contributed by atoms with van der Waals surface area (Å²) in [5.74, 6) is -0.327. The van der Waals surface area contributed by atoms with E-state index in [0.29, 0.717) is 15.5 Å². The van der Waals surface area contributed by atoms with Crippen molar-refractivity contribution in [2.24, 2.45) is 0 Å². The maximum Gasteiger partial charge on any atom is 0.271 e. The summed E-state index contributed by atoms with van der Waals surface area (Å²) in [5, 5.41) is 7.44. The first-order chi connectivity index (χ1) is 12.5. The Kier molecular flexibility index (Phi) is 5.81. The van der Waals surface area contributed by atoms with Crippen LogP contribution in [0.5, 0.6) is 0 Å². The predicted molar refractivity (Wildman–Crippen MR) is 106 cm³/mol. The van der Waals surface area contributed by atoms with Crippen LogP contribution in [0.15, 0.2) is 66.9 Å². The molecule has 0 aliphatic carbocycles. The van der Waals surface area contributed by atoms with Crippen LogP contribution in [0.25, 0.3) is 0 Å². The molecule has 3 rings (SSSR count). The third kappa shape index (κ3) is 4.78. The van der Waals surface area contributed by atoms with E-state index in [2.05, 4.69) is 15.6 Å². The van der Waals surface area contributed by atoms with Crippen LogP contribution >= 0.6 is 23.2 Å². The topological polar surface area (TPSA) is 54.0 Å². The zero-order valence-electron chi connectivity index (χ0n) is 13.6. The maximum absolute atomic E-state index is 12.5. The number of aromatic nitrogens is 1. The second-order valence-electron chi connectivity index (χ2n) is 5.59. The number of carbonyl (C=O) groups is 1. The summed E-state index contributed by atoms with van der Waals surface area (Å²) < 4.78 is 0. The van der Waals surface area contributed by atoms with Crippen LogP contribution in [0.1, 0.15) is 22.2 Å². The van der Waals surface area contributed by atoms with Gasteiger partial charge >= 0.3 is 0 Å². The lowest BCUT2D eigenvalue weighted by molar-refractivity contribution is 0.0936. The second kappa shape index (κ2) is 8.26.